The Labute approximate surface area is 758 Å². The molecule has 0 aliphatic rings. The minimum atomic E-state index is 0.636. The van der Waals surface area contributed by atoms with Crippen LogP contribution in [0.1, 0.15) is 0 Å². The molecule has 0 N–H and O–H groups in total. The van der Waals surface area contributed by atoms with Gasteiger partial charge in [0.2, 0.25) is 0 Å². The van der Waals surface area contributed by atoms with Crippen LogP contribution in [0.15, 0.2) is 435 Å². The van der Waals surface area contributed by atoms with Crippen molar-refractivity contribution in [2.75, 3.05) is 0 Å². The number of furan rings is 1. The topological polar surface area (TPSA) is 129 Å². The van der Waals surface area contributed by atoms with Gasteiger partial charge in [-0.3, -0.25) is 0 Å². The minimum absolute atomic E-state index is 0.636. The number of hydrogen-bond donors (Lipinski definition) is 0. The van der Waals surface area contributed by atoms with Crippen LogP contribution < -0.4 is 0 Å². The molecule has 608 valence electrons. The number of nitrogens with zero attached hydrogens (tertiary/aromatic N) is 9. The molecule has 19 aromatic carbocycles. The highest BCUT2D eigenvalue weighted by atomic mass is 32.1. The Hall–Kier alpha value is -16.6. The van der Waals surface area contributed by atoms with Crippen molar-refractivity contribution in [2.45, 2.75) is 0 Å². The highest BCUT2D eigenvalue weighted by Gasteiger charge is 2.22. The smallest absolute Gasteiger partial charge is 0.164 e. The SMILES string of the molecule is c1ccc(-c2nc(-c3cccc(-c4cccc5cc6c(cc45)oc4ccccc46)c3)nc(-c3ccc4c(c3)sc3ccccc34)n2)cc1.c1ccc(-c2nc(-c3ccccc3)nc(-c3cccc(-c4ccc5c(ccc6sc7ccccc7c65)c4)c3)n2)cc1.c1ccc(-c2nc(-c3ccccc3)nc(-c3cccc(-c4cccc5c4ccc4sc6ccccc6c45)c3)n2)cc1. The predicted molar refractivity (Wildman–Crippen MR) is 543 cm³/mol. The van der Waals surface area contributed by atoms with Crippen molar-refractivity contribution in [2.24, 2.45) is 0 Å². The van der Waals surface area contributed by atoms with E-state index in [1.807, 2.05) is 186 Å². The van der Waals surface area contributed by atoms with Gasteiger partial charge in [-0.2, -0.15) is 0 Å². The third-order valence-electron chi connectivity index (χ3n) is 24.2. The molecule has 0 spiro atoms. The molecule has 0 fully saturated rings. The highest BCUT2D eigenvalue weighted by Crippen LogP contribution is 2.46. The first-order valence-electron chi connectivity index (χ1n) is 43.2. The third kappa shape index (κ3) is 14.6. The highest BCUT2D eigenvalue weighted by molar-refractivity contribution is 7.26. The first-order valence-corrected chi connectivity index (χ1v) is 45.6. The van der Waals surface area contributed by atoms with E-state index in [0.29, 0.717) is 52.4 Å². The van der Waals surface area contributed by atoms with Crippen LogP contribution in [0, 0.1) is 0 Å². The summed E-state index contributed by atoms with van der Waals surface area (Å²) < 4.78 is 14.1. The minimum Gasteiger partial charge on any atom is -0.456 e. The molecule has 0 unspecified atom stereocenters. The summed E-state index contributed by atoms with van der Waals surface area (Å²) >= 11 is 5.51. The molecule has 10 nitrogen and oxygen atoms in total. The fourth-order valence-electron chi connectivity index (χ4n) is 17.9. The molecule has 26 rings (SSSR count). The van der Waals surface area contributed by atoms with Crippen LogP contribution in [0.5, 0.6) is 0 Å². The van der Waals surface area contributed by atoms with E-state index in [0.717, 1.165) is 99.6 Å². The molecule has 0 radical (unpaired) electrons. The Kier molecular flexibility index (Phi) is 19.6. The van der Waals surface area contributed by atoms with Crippen molar-refractivity contribution in [3.8, 4) is 136 Å². The lowest BCUT2D eigenvalue weighted by Gasteiger charge is -2.11. The van der Waals surface area contributed by atoms with Gasteiger partial charge in [0.05, 0.1) is 0 Å². The maximum atomic E-state index is 6.27. The quantitative estimate of drug-likeness (QED) is 0.117. The number of aromatic nitrogens is 9. The maximum Gasteiger partial charge on any atom is 0.164 e. The number of hydrogen-bond acceptors (Lipinski definition) is 13. The van der Waals surface area contributed by atoms with E-state index in [1.54, 1.807) is 11.3 Å². The summed E-state index contributed by atoms with van der Waals surface area (Å²) in [5, 5.41) is 17.5. The molecule has 130 heavy (non-hydrogen) atoms. The summed E-state index contributed by atoms with van der Waals surface area (Å²) in [5.41, 5.74) is 17.2. The lowest BCUT2D eigenvalue weighted by atomic mass is 9.94. The summed E-state index contributed by atoms with van der Waals surface area (Å²) in [5.74, 6) is 5.91. The van der Waals surface area contributed by atoms with E-state index in [9.17, 15) is 0 Å². The molecular weight excluding hydrogens is 1640 g/mol. The monoisotopic (exact) mass is 1710 g/mol. The maximum absolute atomic E-state index is 6.27. The van der Waals surface area contributed by atoms with Gasteiger partial charge in [0, 0.05) is 121 Å². The average Bonchev–Trinajstić information content (AvgIpc) is 1.50. The molecule has 0 atom stereocenters. The zero-order valence-corrected chi connectivity index (χ0v) is 72.1. The van der Waals surface area contributed by atoms with Crippen LogP contribution in [0.2, 0.25) is 0 Å². The number of benzene rings is 19. The summed E-state index contributed by atoms with van der Waals surface area (Å²) in [6.07, 6.45) is 0. The Morgan fingerprint density at radius 3 is 0.985 bits per heavy atom. The number of thiophene rings is 3. The first kappa shape index (κ1) is 77.1. The van der Waals surface area contributed by atoms with E-state index in [1.165, 1.54) is 98.6 Å². The van der Waals surface area contributed by atoms with Gasteiger partial charge >= 0.3 is 0 Å². The molecule has 0 aliphatic heterocycles. The van der Waals surface area contributed by atoms with Crippen molar-refractivity contribution in [1.29, 1.82) is 0 Å². The van der Waals surface area contributed by atoms with E-state index in [2.05, 4.69) is 267 Å². The summed E-state index contributed by atoms with van der Waals surface area (Å²) in [6.45, 7) is 0. The van der Waals surface area contributed by atoms with E-state index in [4.69, 9.17) is 49.3 Å². The van der Waals surface area contributed by atoms with Crippen molar-refractivity contribution in [1.82, 2.24) is 44.9 Å². The van der Waals surface area contributed by atoms with Crippen LogP contribution in [-0.2, 0) is 0 Å². The van der Waals surface area contributed by atoms with Crippen molar-refractivity contribution < 1.29 is 4.42 Å². The van der Waals surface area contributed by atoms with Crippen molar-refractivity contribution in [3.05, 3.63) is 431 Å². The molecule has 26 aromatic rings. The van der Waals surface area contributed by atoms with Crippen molar-refractivity contribution >= 4 is 149 Å². The van der Waals surface area contributed by atoms with Crippen molar-refractivity contribution in [3.63, 3.8) is 0 Å². The molecule has 0 bridgehead atoms. The molecule has 0 amide bonds. The summed E-state index contributed by atoms with van der Waals surface area (Å²) in [7, 11) is 0. The Morgan fingerprint density at radius 2 is 0.469 bits per heavy atom. The van der Waals surface area contributed by atoms with Gasteiger partial charge < -0.3 is 4.42 Å². The fourth-order valence-corrected chi connectivity index (χ4v) is 21.3. The van der Waals surface area contributed by atoms with Gasteiger partial charge in [0.25, 0.3) is 0 Å². The van der Waals surface area contributed by atoms with Crippen LogP contribution in [0.25, 0.3) is 251 Å². The second kappa shape index (κ2) is 33.1. The van der Waals surface area contributed by atoms with Crippen LogP contribution in [0.4, 0.5) is 0 Å². The van der Waals surface area contributed by atoms with Gasteiger partial charge in [0.15, 0.2) is 52.4 Å². The van der Waals surface area contributed by atoms with Crippen LogP contribution >= 0.6 is 34.0 Å². The van der Waals surface area contributed by atoms with Gasteiger partial charge in [-0.1, -0.05) is 352 Å². The molecule has 0 saturated carbocycles. The van der Waals surface area contributed by atoms with Crippen LogP contribution in [0.3, 0.4) is 0 Å². The summed E-state index contributed by atoms with van der Waals surface area (Å²) in [6, 6.07) is 150. The van der Waals surface area contributed by atoms with E-state index >= 15 is 0 Å². The van der Waals surface area contributed by atoms with Gasteiger partial charge in [-0.15, -0.1) is 34.0 Å². The lowest BCUT2D eigenvalue weighted by Crippen LogP contribution is -2.00. The summed E-state index contributed by atoms with van der Waals surface area (Å²) in [4.78, 5) is 44.5. The molecule has 7 aromatic heterocycles. The fraction of sp³-hybridized carbons (Fsp3) is 0. The molecule has 0 saturated heterocycles. The van der Waals surface area contributed by atoms with Crippen LogP contribution in [-0.4, -0.2) is 44.9 Å². The van der Waals surface area contributed by atoms with Gasteiger partial charge in [-0.05, 0) is 145 Å². The molecular formula is C117H71N9OS3. The Balaban J connectivity index is 0.000000109. The van der Waals surface area contributed by atoms with E-state index < -0.39 is 0 Å². The zero-order valence-electron chi connectivity index (χ0n) is 69.6. The molecule has 7 heterocycles. The number of rotatable bonds is 12. The second-order valence-corrected chi connectivity index (χ2v) is 35.4. The normalized spacial score (nSPS) is 11.5. The number of fused-ring (bicyclic) bond motifs is 17. The predicted octanol–water partition coefficient (Wildman–Crippen LogP) is 32.1. The number of para-hydroxylation sites is 1. The Morgan fingerprint density at radius 1 is 0.146 bits per heavy atom. The Bertz CT molecular complexity index is 8770. The van der Waals surface area contributed by atoms with Gasteiger partial charge in [-0.25, -0.2) is 44.9 Å². The average molecular weight is 1720 g/mol. The lowest BCUT2D eigenvalue weighted by molar-refractivity contribution is 0.669. The first-order chi connectivity index (χ1) is 64.4. The second-order valence-electron chi connectivity index (χ2n) is 32.2. The molecule has 13 heteroatoms. The zero-order chi connectivity index (χ0) is 86.0. The largest absolute Gasteiger partial charge is 0.456 e. The standard InChI is InChI=1S/C43H25N3OS.2C37H23N3S/c1-2-10-26(11-3-1)41-44-42(46-43(45-41)30-20-21-34-33-16-5-7-19-39(33)48-40(34)24-30)29-14-8-12-27(22-29)31-17-9-13-28-23-36-32-15-4-6-18-37(32)47-38(36)25-35(28)31;1-3-11-24(12-4-1)35-38-36(25-13-5-2-6-14-25)40-37(39-35)27-16-9-15-26(23-27)28-18-10-19-30-29(28)21-22-33-34(30)31-17-7-8-20-32(31)41-33;1-3-10-24(11-4-1)35-38-36(25-12-5-2-6-13-25)40-37(39-35)29-15-9-14-26(23-29)27-18-20-30-28(22-27)19-21-33-34(30)31-16-7-8-17-32(31)41-33/h1-25H;2*1-23H. The van der Waals surface area contributed by atoms with E-state index in [-0.39, 0.29) is 0 Å². The molecule has 0 aliphatic carbocycles. The van der Waals surface area contributed by atoms with Gasteiger partial charge in [0.1, 0.15) is 11.2 Å². The third-order valence-corrected chi connectivity index (χ3v) is 27.6.